The fourth-order valence-electron chi connectivity index (χ4n) is 1.81. The van der Waals surface area contributed by atoms with Crippen molar-refractivity contribution >= 4 is 11.6 Å². The van der Waals surface area contributed by atoms with Crippen LogP contribution in [-0.4, -0.2) is 10.2 Å². The van der Waals surface area contributed by atoms with E-state index in [1.54, 1.807) is 0 Å². The Balaban J connectivity index is 3.42. The standard InChI is InChI=1S/C11H17ClN2/c1-6(2)9-8(5)13-14-11(12)10(9)7(3)4/h6-7H,1-5H3. The van der Waals surface area contributed by atoms with Gasteiger partial charge in [0.2, 0.25) is 0 Å². The van der Waals surface area contributed by atoms with Crippen molar-refractivity contribution in [3.63, 3.8) is 0 Å². The number of aromatic nitrogens is 2. The van der Waals surface area contributed by atoms with E-state index >= 15 is 0 Å². The molecule has 0 saturated heterocycles. The fourth-order valence-corrected chi connectivity index (χ4v) is 2.17. The molecule has 0 spiro atoms. The molecule has 1 aromatic rings. The molecule has 0 aliphatic carbocycles. The minimum Gasteiger partial charge on any atom is -0.154 e. The SMILES string of the molecule is Cc1nnc(Cl)c(C(C)C)c1C(C)C. The van der Waals surface area contributed by atoms with Crippen molar-refractivity contribution < 1.29 is 0 Å². The monoisotopic (exact) mass is 212 g/mol. The molecule has 0 bridgehead atoms. The van der Waals surface area contributed by atoms with Gasteiger partial charge >= 0.3 is 0 Å². The molecule has 0 aliphatic rings. The van der Waals surface area contributed by atoms with E-state index in [4.69, 9.17) is 11.6 Å². The Morgan fingerprint density at radius 2 is 1.43 bits per heavy atom. The lowest BCUT2D eigenvalue weighted by Crippen LogP contribution is -2.06. The quantitative estimate of drug-likeness (QED) is 0.748. The van der Waals surface area contributed by atoms with E-state index < -0.39 is 0 Å². The number of aryl methyl sites for hydroxylation is 1. The van der Waals surface area contributed by atoms with Gasteiger partial charge in [-0.2, -0.15) is 5.10 Å². The third kappa shape index (κ3) is 2.06. The number of nitrogens with zero attached hydrogens (tertiary/aromatic N) is 2. The summed E-state index contributed by atoms with van der Waals surface area (Å²) in [5, 5.41) is 8.57. The number of halogens is 1. The molecule has 0 amide bonds. The second-order valence-electron chi connectivity index (χ2n) is 4.21. The van der Waals surface area contributed by atoms with Gasteiger partial charge in [-0.05, 0) is 29.9 Å². The summed E-state index contributed by atoms with van der Waals surface area (Å²) in [6, 6.07) is 0. The van der Waals surface area contributed by atoms with Crippen LogP contribution in [0.5, 0.6) is 0 Å². The summed E-state index contributed by atoms with van der Waals surface area (Å²) in [6.07, 6.45) is 0. The van der Waals surface area contributed by atoms with Crippen LogP contribution in [0.2, 0.25) is 5.15 Å². The lowest BCUT2D eigenvalue weighted by atomic mass is 9.91. The third-order valence-corrected chi connectivity index (χ3v) is 2.62. The van der Waals surface area contributed by atoms with Gasteiger partial charge in [0.25, 0.3) is 0 Å². The van der Waals surface area contributed by atoms with Crippen LogP contribution in [0.3, 0.4) is 0 Å². The Morgan fingerprint density at radius 3 is 1.79 bits per heavy atom. The summed E-state index contributed by atoms with van der Waals surface area (Å²) >= 11 is 6.07. The smallest absolute Gasteiger partial charge is 0.154 e. The number of hydrogen-bond acceptors (Lipinski definition) is 2. The fraction of sp³-hybridized carbons (Fsp3) is 0.636. The molecule has 1 aromatic heterocycles. The van der Waals surface area contributed by atoms with Crippen LogP contribution in [0.4, 0.5) is 0 Å². The van der Waals surface area contributed by atoms with Gasteiger partial charge in [-0.15, -0.1) is 5.10 Å². The van der Waals surface area contributed by atoms with Gasteiger partial charge in [0.1, 0.15) is 0 Å². The Morgan fingerprint density at radius 1 is 0.929 bits per heavy atom. The minimum atomic E-state index is 0.397. The molecule has 0 aromatic carbocycles. The first-order chi connectivity index (χ1) is 6.45. The number of rotatable bonds is 2. The number of hydrogen-bond donors (Lipinski definition) is 0. The van der Waals surface area contributed by atoms with Crippen molar-refractivity contribution in [3.8, 4) is 0 Å². The first-order valence-electron chi connectivity index (χ1n) is 4.97. The maximum absolute atomic E-state index is 6.07. The summed E-state index contributed by atoms with van der Waals surface area (Å²) in [7, 11) is 0. The van der Waals surface area contributed by atoms with E-state index in [2.05, 4.69) is 37.9 Å². The second kappa shape index (κ2) is 4.26. The molecule has 78 valence electrons. The maximum atomic E-state index is 6.07. The van der Waals surface area contributed by atoms with Crippen molar-refractivity contribution in [1.82, 2.24) is 10.2 Å². The third-order valence-electron chi connectivity index (χ3n) is 2.34. The van der Waals surface area contributed by atoms with Crippen LogP contribution in [0.25, 0.3) is 0 Å². The minimum absolute atomic E-state index is 0.397. The molecule has 3 heteroatoms. The van der Waals surface area contributed by atoms with Crippen LogP contribution in [-0.2, 0) is 0 Å². The van der Waals surface area contributed by atoms with Crippen LogP contribution in [0, 0.1) is 6.92 Å². The zero-order chi connectivity index (χ0) is 10.9. The van der Waals surface area contributed by atoms with Gasteiger partial charge in [0, 0.05) is 0 Å². The highest BCUT2D eigenvalue weighted by atomic mass is 35.5. The van der Waals surface area contributed by atoms with Gasteiger partial charge in [0.05, 0.1) is 5.69 Å². The van der Waals surface area contributed by atoms with Crippen LogP contribution < -0.4 is 0 Å². The average Bonchev–Trinajstić information content (AvgIpc) is 2.07. The summed E-state index contributed by atoms with van der Waals surface area (Å²) < 4.78 is 0. The summed E-state index contributed by atoms with van der Waals surface area (Å²) in [4.78, 5) is 0. The highest BCUT2D eigenvalue weighted by Gasteiger charge is 2.17. The predicted molar refractivity (Wildman–Crippen MR) is 60.0 cm³/mol. The summed E-state index contributed by atoms with van der Waals surface area (Å²) in [5.74, 6) is 0.842. The predicted octanol–water partition coefficient (Wildman–Crippen LogP) is 3.69. The molecule has 1 heterocycles. The van der Waals surface area contributed by atoms with Gasteiger partial charge in [0.15, 0.2) is 5.15 Å². The van der Waals surface area contributed by atoms with Crippen molar-refractivity contribution in [2.75, 3.05) is 0 Å². The highest BCUT2D eigenvalue weighted by molar-refractivity contribution is 6.30. The topological polar surface area (TPSA) is 25.8 Å². The molecular formula is C11H17ClN2. The summed E-state index contributed by atoms with van der Waals surface area (Å²) in [5.41, 5.74) is 3.39. The van der Waals surface area contributed by atoms with E-state index in [0.717, 1.165) is 11.3 Å². The van der Waals surface area contributed by atoms with Gasteiger partial charge in [-0.25, -0.2) is 0 Å². The molecule has 0 fully saturated rings. The van der Waals surface area contributed by atoms with E-state index in [-0.39, 0.29) is 0 Å². The molecule has 0 aliphatic heterocycles. The van der Waals surface area contributed by atoms with Crippen molar-refractivity contribution in [1.29, 1.82) is 0 Å². The average molecular weight is 213 g/mol. The lowest BCUT2D eigenvalue weighted by Gasteiger charge is -2.17. The Kier molecular flexibility index (Phi) is 3.48. The molecule has 0 unspecified atom stereocenters. The molecule has 1 rings (SSSR count). The van der Waals surface area contributed by atoms with Gasteiger partial charge < -0.3 is 0 Å². The molecule has 0 atom stereocenters. The van der Waals surface area contributed by atoms with E-state index in [1.165, 1.54) is 5.56 Å². The summed E-state index contributed by atoms with van der Waals surface area (Å²) in [6.45, 7) is 10.6. The van der Waals surface area contributed by atoms with Crippen molar-refractivity contribution in [3.05, 3.63) is 22.0 Å². The van der Waals surface area contributed by atoms with E-state index in [1.807, 2.05) is 6.92 Å². The van der Waals surface area contributed by atoms with Crippen molar-refractivity contribution in [2.24, 2.45) is 0 Å². The molecule has 0 saturated carbocycles. The van der Waals surface area contributed by atoms with E-state index in [9.17, 15) is 0 Å². The molecule has 0 N–H and O–H groups in total. The first kappa shape index (κ1) is 11.4. The van der Waals surface area contributed by atoms with Crippen LogP contribution in [0.15, 0.2) is 0 Å². The molecule has 2 nitrogen and oxygen atoms in total. The zero-order valence-electron chi connectivity index (χ0n) is 9.43. The first-order valence-corrected chi connectivity index (χ1v) is 5.35. The molecule has 14 heavy (non-hydrogen) atoms. The van der Waals surface area contributed by atoms with Crippen LogP contribution >= 0.6 is 11.6 Å². The normalized spacial score (nSPS) is 11.4. The zero-order valence-corrected chi connectivity index (χ0v) is 10.2. The Bertz CT molecular complexity index is 299. The van der Waals surface area contributed by atoms with E-state index in [0.29, 0.717) is 17.0 Å². The second-order valence-corrected chi connectivity index (χ2v) is 4.57. The maximum Gasteiger partial charge on any atom is 0.155 e. The largest absolute Gasteiger partial charge is 0.155 e. The van der Waals surface area contributed by atoms with Gasteiger partial charge in [-0.1, -0.05) is 39.3 Å². The van der Waals surface area contributed by atoms with Crippen LogP contribution in [0.1, 0.15) is 56.4 Å². The van der Waals surface area contributed by atoms with Crippen molar-refractivity contribution in [2.45, 2.75) is 46.5 Å². The highest BCUT2D eigenvalue weighted by Crippen LogP contribution is 2.31. The molecular weight excluding hydrogens is 196 g/mol. The molecule has 0 radical (unpaired) electrons. The lowest BCUT2D eigenvalue weighted by molar-refractivity contribution is 0.749. The Hall–Kier alpha value is -0.630. The Labute approximate surface area is 90.7 Å². The van der Waals surface area contributed by atoms with Gasteiger partial charge in [-0.3, -0.25) is 0 Å².